The van der Waals surface area contributed by atoms with E-state index in [-0.39, 0.29) is 6.04 Å². The van der Waals surface area contributed by atoms with Crippen LogP contribution in [0.4, 0.5) is 0 Å². The summed E-state index contributed by atoms with van der Waals surface area (Å²) in [5.74, 6) is 0. The summed E-state index contributed by atoms with van der Waals surface area (Å²) in [6.07, 6.45) is 8.66. The Morgan fingerprint density at radius 3 is 2.93 bits per heavy atom. The van der Waals surface area contributed by atoms with Crippen LogP contribution < -0.4 is 5.73 Å². The molecule has 1 aromatic rings. The summed E-state index contributed by atoms with van der Waals surface area (Å²) in [5, 5.41) is 2.20. The van der Waals surface area contributed by atoms with E-state index in [1.807, 2.05) is 0 Å². The van der Waals surface area contributed by atoms with Gasteiger partial charge in [-0.15, -0.1) is 11.3 Å². The summed E-state index contributed by atoms with van der Waals surface area (Å²) in [6.45, 7) is 2.14. The third kappa shape index (κ3) is 2.93. The molecule has 1 heterocycles. The minimum atomic E-state index is 0.208. The minimum absolute atomic E-state index is 0.208. The van der Waals surface area contributed by atoms with Crippen LogP contribution in [0.15, 0.2) is 23.1 Å². The first-order valence-corrected chi connectivity index (χ1v) is 6.62. The van der Waals surface area contributed by atoms with Crippen molar-refractivity contribution < 1.29 is 0 Å². The van der Waals surface area contributed by atoms with E-state index in [2.05, 4.69) is 24.4 Å². The fraction of sp³-hybridized carbons (Fsp3) is 0.538. The molecule has 0 fully saturated rings. The van der Waals surface area contributed by atoms with E-state index < -0.39 is 0 Å². The Morgan fingerprint density at radius 2 is 2.33 bits per heavy atom. The van der Waals surface area contributed by atoms with Crippen LogP contribution in [0.2, 0.25) is 0 Å². The van der Waals surface area contributed by atoms with Crippen LogP contribution in [0.3, 0.4) is 0 Å². The molecule has 82 valence electrons. The summed E-state index contributed by atoms with van der Waals surface area (Å²) in [6, 6.07) is 2.43. The number of aryl methyl sites for hydroxylation is 1. The molecule has 0 aromatic carbocycles. The molecule has 0 radical (unpaired) electrons. The highest BCUT2D eigenvalue weighted by atomic mass is 32.1. The predicted molar refractivity (Wildman–Crippen MR) is 67.2 cm³/mol. The molecule has 2 heteroatoms. The molecule has 1 aromatic heterocycles. The third-order valence-corrected chi connectivity index (χ3v) is 3.93. The van der Waals surface area contributed by atoms with Crippen LogP contribution in [0.5, 0.6) is 0 Å². The van der Waals surface area contributed by atoms with Gasteiger partial charge >= 0.3 is 0 Å². The lowest BCUT2D eigenvalue weighted by Crippen LogP contribution is -2.11. The fourth-order valence-corrected chi connectivity index (χ4v) is 2.92. The van der Waals surface area contributed by atoms with Crippen molar-refractivity contribution in [2.75, 3.05) is 0 Å². The molecule has 15 heavy (non-hydrogen) atoms. The summed E-state index contributed by atoms with van der Waals surface area (Å²) >= 11 is 1.80. The first-order valence-electron chi connectivity index (χ1n) is 5.74. The molecular formula is C13H19NS. The van der Waals surface area contributed by atoms with Crippen LogP contribution >= 0.6 is 11.3 Å². The van der Waals surface area contributed by atoms with E-state index >= 15 is 0 Å². The Morgan fingerprint density at radius 1 is 1.47 bits per heavy atom. The Balaban J connectivity index is 1.97. The SMILES string of the molecule is Cc1cc(C(N)CC2=CCCCC2)cs1. The summed E-state index contributed by atoms with van der Waals surface area (Å²) in [7, 11) is 0. The lowest BCUT2D eigenvalue weighted by molar-refractivity contribution is 0.629. The molecule has 1 atom stereocenters. The highest BCUT2D eigenvalue weighted by Gasteiger charge is 2.11. The summed E-state index contributed by atoms with van der Waals surface area (Å²) < 4.78 is 0. The average Bonchev–Trinajstić information content (AvgIpc) is 2.66. The van der Waals surface area contributed by atoms with Crippen molar-refractivity contribution in [1.29, 1.82) is 0 Å². The van der Waals surface area contributed by atoms with Gasteiger partial charge in [-0.1, -0.05) is 11.6 Å². The highest BCUT2D eigenvalue weighted by Crippen LogP contribution is 2.28. The largest absolute Gasteiger partial charge is 0.324 e. The van der Waals surface area contributed by atoms with Crippen molar-refractivity contribution in [3.63, 3.8) is 0 Å². The number of hydrogen-bond acceptors (Lipinski definition) is 2. The molecule has 0 saturated carbocycles. The molecule has 0 saturated heterocycles. The summed E-state index contributed by atoms with van der Waals surface area (Å²) in [5.41, 5.74) is 9.08. The van der Waals surface area contributed by atoms with E-state index in [0.29, 0.717) is 0 Å². The molecule has 0 amide bonds. The normalized spacial score (nSPS) is 18.7. The smallest absolute Gasteiger partial charge is 0.0340 e. The zero-order valence-electron chi connectivity index (χ0n) is 9.33. The Bertz CT molecular complexity index is 351. The second-order valence-corrected chi connectivity index (χ2v) is 5.52. The quantitative estimate of drug-likeness (QED) is 0.768. The van der Waals surface area contributed by atoms with Crippen LogP contribution in [-0.2, 0) is 0 Å². The van der Waals surface area contributed by atoms with Crippen LogP contribution in [0, 0.1) is 6.92 Å². The van der Waals surface area contributed by atoms with E-state index in [1.54, 1.807) is 16.9 Å². The minimum Gasteiger partial charge on any atom is -0.324 e. The van der Waals surface area contributed by atoms with Gasteiger partial charge in [-0.2, -0.15) is 0 Å². The average molecular weight is 221 g/mol. The molecule has 0 spiro atoms. The molecule has 1 aliphatic rings. The first kappa shape index (κ1) is 10.9. The van der Waals surface area contributed by atoms with Gasteiger partial charge in [-0.25, -0.2) is 0 Å². The van der Waals surface area contributed by atoms with Crippen molar-refractivity contribution in [3.05, 3.63) is 33.5 Å². The molecule has 2 rings (SSSR count). The predicted octanol–water partition coefficient (Wildman–Crippen LogP) is 3.95. The lowest BCUT2D eigenvalue weighted by Gasteiger charge is -2.16. The zero-order valence-corrected chi connectivity index (χ0v) is 10.1. The fourth-order valence-electron chi connectivity index (χ4n) is 2.15. The molecule has 0 bridgehead atoms. The maximum atomic E-state index is 6.21. The second-order valence-electron chi connectivity index (χ2n) is 4.41. The maximum absolute atomic E-state index is 6.21. The van der Waals surface area contributed by atoms with Crippen LogP contribution in [-0.4, -0.2) is 0 Å². The number of nitrogens with two attached hydrogens (primary N) is 1. The van der Waals surface area contributed by atoms with Gasteiger partial charge in [0.15, 0.2) is 0 Å². The number of hydrogen-bond donors (Lipinski definition) is 1. The van der Waals surface area contributed by atoms with E-state index in [4.69, 9.17) is 5.73 Å². The molecular weight excluding hydrogens is 202 g/mol. The van der Waals surface area contributed by atoms with Gasteiger partial charge in [0.2, 0.25) is 0 Å². The van der Waals surface area contributed by atoms with Gasteiger partial charge in [0.1, 0.15) is 0 Å². The van der Waals surface area contributed by atoms with Gasteiger partial charge in [0.25, 0.3) is 0 Å². The van der Waals surface area contributed by atoms with Gasteiger partial charge in [-0.05, 0) is 56.0 Å². The van der Waals surface area contributed by atoms with E-state index in [0.717, 1.165) is 6.42 Å². The first-order chi connectivity index (χ1) is 7.25. The van der Waals surface area contributed by atoms with Gasteiger partial charge in [0, 0.05) is 10.9 Å². The molecule has 1 nitrogen and oxygen atoms in total. The Hall–Kier alpha value is -0.600. The second kappa shape index (κ2) is 4.95. The van der Waals surface area contributed by atoms with Crippen molar-refractivity contribution >= 4 is 11.3 Å². The van der Waals surface area contributed by atoms with Crippen LogP contribution in [0.25, 0.3) is 0 Å². The molecule has 2 N–H and O–H groups in total. The topological polar surface area (TPSA) is 26.0 Å². The number of rotatable bonds is 3. The van der Waals surface area contributed by atoms with Crippen molar-refractivity contribution in [2.24, 2.45) is 5.73 Å². The van der Waals surface area contributed by atoms with Gasteiger partial charge < -0.3 is 5.73 Å². The summed E-state index contributed by atoms with van der Waals surface area (Å²) in [4.78, 5) is 1.36. The monoisotopic (exact) mass is 221 g/mol. The molecule has 0 aliphatic heterocycles. The van der Waals surface area contributed by atoms with Crippen LogP contribution in [0.1, 0.15) is 48.6 Å². The Labute approximate surface area is 96.0 Å². The highest BCUT2D eigenvalue weighted by molar-refractivity contribution is 7.10. The van der Waals surface area contributed by atoms with Crippen molar-refractivity contribution in [1.82, 2.24) is 0 Å². The molecule has 1 unspecified atom stereocenters. The zero-order chi connectivity index (χ0) is 10.7. The number of allylic oxidation sites excluding steroid dienone is 1. The number of thiophene rings is 1. The standard InChI is InChI=1S/C13H19NS/c1-10-7-12(9-15-10)13(14)8-11-5-3-2-4-6-11/h5,7,9,13H,2-4,6,8,14H2,1H3. The van der Waals surface area contributed by atoms with E-state index in [1.165, 1.54) is 36.1 Å². The van der Waals surface area contributed by atoms with Gasteiger partial charge in [-0.3, -0.25) is 0 Å². The molecule has 1 aliphatic carbocycles. The third-order valence-electron chi connectivity index (χ3n) is 3.05. The Kier molecular flexibility index (Phi) is 3.60. The van der Waals surface area contributed by atoms with Gasteiger partial charge in [0.05, 0.1) is 0 Å². The van der Waals surface area contributed by atoms with Crippen molar-refractivity contribution in [3.8, 4) is 0 Å². The van der Waals surface area contributed by atoms with Crippen molar-refractivity contribution in [2.45, 2.75) is 45.1 Å². The van der Waals surface area contributed by atoms with E-state index in [9.17, 15) is 0 Å². The lowest BCUT2D eigenvalue weighted by atomic mass is 9.93. The maximum Gasteiger partial charge on any atom is 0.0340 e.